The van der Waals surface area contributed by atoms with E-state index < -0.39 is 5.72 Å². The summed E-state index contributed by atoms with van der Waals surface area (Å²) in [6.45, 7) is 4.51. The van der Waals surface area contributed by atoms with Crippen LogP contribution in [0.15, 0.2) is 138 Å². The molecule has 2 aliphatic rings. The molecule has 0 aliphatic carbocycles. The largest absolute Gasteiger partial charge is 0.459 e. The molecule has 2 aliphatic heterocycles. The predicted molar refractivity (Wildman–Crippen MR) is 178 cm³/mol. The van der Waals surface area contributed by atoms with Crippen LogP contribution in [-0.2, 0) is 5.41 Å². The van der Waals surface area contributed by atoms with Crippen LogP contribution in [-0.4, -0.2) is 16.5 Å². The molecule has 0 radical (unpaired) electrons. The zero-order chi connectivity index (χ0) is 28.8. The molecule has 1 aromatic heterocycles. The molecular weight excluding hydrogens is 526 g/mol. The molecule has 43 heavy (non-hydrogen) atoms. The normalized spacial score (nSPS) is 18.3. The number of para-hydroxylation sites is 4. The molecule has 1 spiro atoms. The molecule has 206 valence electrons. The summed E-state index contributed by atoms with van der Waals surface area (Å²) in [6.07, 6.45) is 2.04. The second-order valence-corrected chi connectivity index (χ2v) is 12.1. The van der Waals surface area contributed by atoms with Crippen LogP contribution in [0, 0.1) is 0 Å². The van der Waals surface area contributed by atoms with E-state index in [0.717, 1.165) is 39.3 Å². The number of rotatable bonds is 2. The fraction of sp³-hybridized carbons (Fsp3) is 0.103. The van der Waals surface area contributed by atoms with Crippen molar-refractivity contribution >= 4 is 55.9 Å². The Morgan fingerprint density at radius 1 is 0.605 bits per heavy atom. The van der Waals surface area contributed by atoms with Crippen LogP contribution >= 0.6 is 0 Å². The van der Waals surface area contributed by atoms with Crippen molar-refractivity contribution in [2.45, 2.75) is 25.0 Å². The van der Waals surface area contributed by atoms with E-state index in [2.05, 4.69) is 157 Å². The molecule has 4 heteroatoms. The van der Waals surface area contributed by atoms with E-state index in [1.807, 2.05) is 6.21 Å². The average Bonchev–Trinajstić information content (AvgIpc) is 3.48. The van der Waals surface area contributed by atoms with E-state index in [4.69, 9.17) is 9.73 Å². The highest BCUT2D eigenvalue weighted by Crippen LogP contribution is 2.57. The summed E-state index contributed by atoms with van der Waals surface area (Å²) in [5.41, 5.74) is 6.60. The highest BCUT2D eigenvalue weighted by atomic mass is 16.5. The monoisotopic (exact) mass is 555 g/mol. The standard InChI is InChI=1S/C39H29N3O/c1-38(2)32-16-8-11-19-35(32)42(27-12-4-3-5-13-27)39(38)25-40-37-31-24-28(22-20-26(31)21-23-36(37)43-39)41-33-17-9-6-14-29(33)30-15-7-10-18-34(30)41/h3-25H,1-2H3. The molecule has 0 saturated carbocycles. The van der Waals surface area contributed by atoms with Crippen LogP contribution < -0.4 is 9.64 Å². The third kappa shape index (κ3) is 3.18. The fourth-order valence-corrected chi connectivity index (χ4v) is 7.32. The lowest BCUT2D eigenvalue weighted by Crippen LogP contribution is -2.60. The van der Waals surface area contributed by atoms with E-state index >= 15 is 0 Å². The summed E-state index contributed by atoms with van der Waals surface area (Å²) in [5.74, 6) is 0.788. The third-order valence-corrected chi connectivity index (χ3v) is 9.47. The molecule has 6 aromatic carbocycles. The lowest BCUT2D eigenvalue weighted by molar-refractivity contribution is 0.0875. The molecule has 0 amide bonds. The molecule has 9 rings (SSSR count). The SMILES string of the molecule is CC1(C)c2ccccc2N(c2ccccc2)C12C=Nc1c(ccc3ccc(-n4c5ccccc5c5ccccc54)cc13)O2. The molecule has 0 fully saturated rings. The van der Waals surface area contributed by atoms with E-state index in [1.165, 1.54) is 27.4 Å². The van der Waals surface area contributed by atoms with Gasteiger partial charge in [0.1, 0.15) is 11.4 Å². The van der Waals surface area contributed by atoms with Crippen molar-refractivity contribution in [3.8, 4) is 11.4 Å². The van der Waals surface area contributed by atoms with Crippen molar-refractivity contribution in [3.05, 3.63) is 139 Å². The Morgan fingerprint density at radius 3 is 2.02 bits per heavy atom. The molecule has 0 bridgehead atoms. The van der Waals surface area contributed by atoms with Gasteiger partial charge >= 0.3 is 0 Å². The van der Waals surface area contributed by atoms with Gasteiger partial charge in [0, 0.05) is 33.2 Å². The summed E-state index contributed by atoms with van der Waals surface area (Å²) < 4.78 is 9.55. The van der Waals surface area contributed by atoms with Gasteiger partial charge in [-0.25, -0.2) is 0 Å². The van der Waals surface area contributed by atoms with Crippen LogP contribution in [0.1, 0.15) is 19.4 Å². The molecule has 4 nitrogen and oxygen atoms in total. The van der Waals surface area contributed by atoms with Crippen molar-refractivity contribution in [1.29, 1.82) is 0 Å². The molecule has 1 unspecified atom stereocenters. The third-order valence-electron chi connectivity index (χ3n) is 9.47. The van der Waals surface area contributed by atoms with Gasteiger partial charge in [-0.2, -0.15) is 0 Å². The maximum Gasteiger partial charge on any atom is 0.233 e. The minimum atomic E-state index is -0.830. The number of hydrogen-bond donors (Lipinski definition) is 0. The van der Waals surface area contributed by atoms with Gasteiger partial charge in [-0.15, -0.1) is 0 Å². The average molecular weight is 556 g/mol. The second kappa shape index (κ2) is 8.59. The zero-order valence-electron chi connectivity index (χ0n) is 24.0. The van der Waals surface area contributed by atoms with Crippen molar-refractivity contribution < 1.29 is 4.74 Å². The minimum Gasteiger partial charge on any atom is -0.459 e. The Hall–Kier alpha value is -5.35. The van der Waals surface area contributed by atoms with Crippen LogP contribution in [0.3, 0.4) is 0 Å². The Labute approximate surface area is 250 Å². The summed E-state index contributed by atoms with van der Waals surface area (Å²) in [6, 6.07) is 47.2. The smallest absolute Gasteiger partial charge is 0.233 e. The number of aromatic nitrogens is 1. The first kappa shape index (κ1) is 24.3. The predicted octanol–water partition coefficient (Wildman–Crippen LogP) is 9.86. The Morgan fingerprint density at radius 2 is 1.26 bits per heavy atom. The summed E-state index contributed by atoms with van der Waals surface area (Å²) >= 11 is 0. The molecular formula is C39H29N3O. The van der Waals surface area contributed by atoms with Gasteiger partial charge in [-0.3, -0.25) is 9.89 Å². The van der Waals surface area contributed by atoms with Crippen LogP contribution in [0.2, 0.25) is 0 Å². The first-order valence-corrected chi connectivity index (χ1v) is 14.8. The molecule has 1 atom stereocenters. The molecule has 0 saturated heterocycles. The molecule has 7 aromatic rings. The summed E-state index contributed by atoms with van der Waals surface area (Å²) in [5, 5.41) is 4.71. The number of ether oxygens (including phenoxy) is 1. The number of fused-ring (bicyclic) bond motifs is 7. The number of aliphatic imine (C=N–C) groups is 1. The van der Waals surface area contributed by atoms with E-state index in [0.29, 0.717) is 0 Å². The highest BCUT2D eigenvalue weighted by Gasteiger charge is 2.60. The van der Waals surface area contributed by atoms with Gasteiger partial charge < -0.3 is 9.30 Å². The van der Waals surface area contributed by atoms with Gasteiger partial charge in [0.2, 0.25) is 5.72 Å². The topological polar surface area (TPSA) is 29.8 Å². The number of benzene rings is 6. The van der Waals surface area contributed by atoms with Crippen LogP contribution in [0.25, 0.3) is 38.3 Å². The lowest BCUT2D eigenvalue weighted by Gasteiger charge is -2.46. The zero-order valence-corrected chi connectivity index (χ0v) is 24.0. The first-order chi connectivity index (χ1) is 21.1. The van der Waals surface area contributed by atoms with Crippen molar-refractivity contribution in [2.24, 2.45) is 4.99 Å². The highest BCUT2D eigenvalue weighted by molar-refractivity contribution is 6.10. The second-order valence-electron chi connectivity index (χ2n) is 12.1. The van der Waals surface area contributed by atoms with Crippen molar-refractivity contribution in [3.63, 3.8) is 0 Å². The van der Waals surface area contributed by atoms with Crippen LogP contribution in [0.5, 0.6) is 5.75 Å². The maximum atomic E-state index is 7.19. The van der Waals surface area contributed by atoms with E-state index in [9.17, 15) is 0 Å². The van der Waals surface area contributed by atoms with Gasteiger partial charge in [0.05, 0.1) is 22.7 Å². The molecule has 0 N–H and O–H groups in total. The number of hydrogen-bond acceptors (Lipinski definition) is 3. The van der Waals surface area contributed by atoms with Gasteiger partial charge in [0.25, 0.3) is 0 Å². The number of anilines is 2. The first-order valence-electron chi connectivity index (χ1n) is 14.8. The Balaban J connectivity index is 1.25. The van der Waals surface area contributed by atoms with Gasteiger partial charge in [-0.05, 0) is 73.3 Å². The van der Waals surface area contributed by atoms with Gasteiger partial charge in [-0.1, -0.05) is 84.9 Å². The minimum absolute atomic E-state index is 0.375. The lowest BCUT2D eigenvalue weighted by atomic mass is 9.77. The number of nitrogens with zero attached hydrogens (tertiary/aromatic N) is 3. The summed E-state index contributed by atoms with van der Waals surface area (Å²) in [4.78, 5) is 7.57. The van der Waals surface area contributed by atoms with Crippen molar-refractivity contribution in [1.82, 2.24) is 4.57 Å². The maximum absolute atomic E-state index is 7.19. The summed E-state index contributed by atoms with van der Waals surface area (Å²) in [7, 11) is 0. The van der Waals surface area contributed by atoms with Gasteiger partial charge in [0.15, 0.2) is 0 Å². The molecule has 3 heterocycles. The Kier molecular flexibility index (Phi) is 4.85. The Bertz CT molecular complexity index is 2210. The van der Waals surface area contributed by atoms with Crippen LogP contribution in [0.4, 0.5) is 17.1 Å². The van der Waals surface area contributed by atoms with Crippen molar-refractivity contribution in [2.75, 3.05) is 4.90 Å². The fourth-order valence-electron chi connectivity index (χ4n) is 7.32. The quantitative estimate of drug-likeness (QED) is 0.212. The van der Waals surface area contributed by atoms with E-state index in [-0.39, 0.29) is 5.41 Å². The van der Waals surface area contributed by atoms with E-state index in [1.54, 1.807) is 0 Å².